The minimum atomic E-state index is -0.546. The molecule has 0 spiro atoms. The molecule has 0 saturated heterocycles. The molecule has 0 aromatic heterocycles. The number of terminal acetylenes is 1. The van der Waals surface area contributed by atoms with E-state index in [2.05, 4.69) is 32.2 Å². The quantitative estimate of drug-likeness (QED) is 0.173. The molecule has 0 fully saturated rings. The Kier molecular flexibility index (Phi) is 11.9. The number of rotatable bonds is 7. The molecule has 0 heterocycles. The van der Waals surface area contributed by atoms with Crippen molar-refractivity contribution in [3.05, 3.63) is 59.7 Å². The maximum Gasteiger partial charge on any atom is 0.412 e. The average Bonchev–Trinajstić information content (AvgIpc) is 2.76. The number of guanidine groups is 1. The zero-order chi connectivity index (χ0) is 24.3. The van der Waals surface area contributed by atoms with Crippen molar-refractivity contribution >= 4 is 53.3 Å². The highest BCUT2D eigenvalue weighted by molar-refractivity contribution is 14.0. The molecule has 2 rings (SSSR count). The van der Waals surface area contributed by atoms with Gasteiger partial charge in [0.05, 0.1) is 6.54 Å². The molecule has 9 heteroatoms. The summed E-state index contributed by atoms with van der Waals surface area (Å²) in [5.41, 5.74) is 2.54. The Morgan fingerprint density at radius 3 is 2.35 bits per heavy atom. The highest BCUT2D eigenvalue weighted by Crippen LogP contribution is 2.13. The third-order valence-electron chi connectivity index (χ3n) is 4.26. The van der Waals surface area contributed by atoms with E-state index < -0.39 is 11.7 Å². The first-order chi connectivity index (χ1) is 15.7. The van der Waals surface area contributed by atoms with Gasteiger partial charge in [0.1, 0.15) is 5.60 Å². The molecule has 182 valence electrons. The third kappa shape index (κ3) is 11.0. The van der Waals surface area contributed by atoms with Crippen LogP contribution in [0.4, 0.5) is 16.2 Å². The van der Waals surface area contributed by atoms with Crippen LogP contribution in [-0.4, -0.2) is 43.7 Å². The van der Waals surface area contributed by atoms with Crippen LogP contribution < -0.4 is 21.3 Å². The van der Waals surface area contributed by atoms with Crippen LogP contribution in [0.2, 0.25) is 0 Å². The number of benzene rings is 2. The summed E-state index contributed by atoms with van der Waals surface area (Å²) >= 11 is 0. The Morgan fingerprint density at radius 2 is 1.74 bits per heavy atom. The van der Waals surface area contributed by atoms with Gasteiger partial charge in [0.2, 0.25) is 5.91 Å². The van der Waals surface area contributed by atoms with Crippen LogP contribution in [0.3, 0.4) is 0 Å². The molecule has 8 nitrogen and oxygen atoms in total. The molecule has 0 unspecified atom stereocenters. The number of anilines is 2. The molecule has 0 aliphatic heterocycles. The average molecular weight is 577 g/mol. The van der Waals surface area contributed by atoms with Crippen LogP contribution in [0.25, 0.3) is 0 Å². The largest absolute Gasteiger partial charge is 0.444 e. The summed E-state index contributed by atoms with van der Waals surface area (Å²) in [6, 6.07) is 14.6. The van der Waals surface area contributed by atoms with Crippen LogP contribution in [0.1, 0.15) is 31.9 Å². The van der Waals surface area contributed by atoms with Gasteiger partial charge < -0.3 is 20.7 Å². The number of hydrogen-bond acceptors (Lipinski definition) is 4. The van der Waals surface area contributed by atoms with Gasteiger partial charge in [0, 0.05) is 30.5 Å². The van der Waals surface area contributed by atoms with Gasteiger partial charge in [-0.3, -0.25) is 15.1 Å². The van der Waals surface area contributed by atoms with Crippen molar-refractivity contribution < 1.29 is 14.3 Å². The van der Waals surface area contributed by atoms with Gasteiger partial charge in [-0.2, -0.15) is 0 Å². The number of carbonyl (C=O) groups is 2. The van der Waals surface area contributed by atoms with Gasteiger partial charge in [0.25, 0.3) is 0 Å². The molecule has 0 atom stereocenters. The maximum absolute atomic E-state index is 12.2. The molecular weight excluding hydrogens is 545 g/mol. The standard InChI is InChI=1S/C25H31N5O3.HI/c1-6-18-8-7-9-21(16-18)29-22(31)17-28-23(26-5)27-15-14-19-10-12-20(13-11-19)30-24(32)33-25(2,3)4;/h1,7-13,16H,14-15,17H2,2-5H3,(H,29,31)(H,30,32)(H2,26,27,28);1H. The Balaban J connectivity index is 0.00000578. The highest BCUT2D eigenvalue weighted by atomic mass is 127. The molecule has 2 aromatic rings. The second kappa shape index (κ2) is 14.1. The van der Waals surface area contributed by atoms with Crippen molar-refractivity contribution in [3.63, 3.8) is 0 Å². The van der Waals surface area contributed by atoms with Gasteiger partial charge in [-0.25, -0.2) is 4.79 Å². The first-order valence-electron chi connectivity index (χ1n) is 10.6. The predicted octanol–water partition coefficient (Wildman–Crippen LogP) is 3.98. The van der Waals surface area contributed by atoms with E-state index in [-0.39, 0.29) is 36.4 Å². The van der Waals surface area contributed by atoms with Gasteiger partial charge in [-0.1, -0.05) is 24.1 Å². The Bertz CT molecular complexity index is 1020. The first-order valence-corrected chi connectivity index (χ1v) is 10.6. The summed E-state index contributed by atoms with van der Waals surface area (Å²) in [5, 5.41) is 11.6. The number of halogens is 1. The number of carbonyl (C=O) groups excluding carboxylic acids is 2. The molecule has 0 bridgehead atoms. The van der Waals surface area contributed by atoms with Crippen molar-refractivity contribution in [2.45, 2.75) is 32.8 Å². The lowest BCUT2D eigenvalue weighted by Crippen LogP contribution is -2.42. The van der Waals surface area contributed by atoms with E-state index in [9.17, 15) is 9.59 Å². The van der Waals surface area contributed by atoms with Crippen molar-refractivity contribution in [1.82, 2.24) is 10.6 Å². The molecule has 0 radical (unpaired) electrons. The molecule has 2 aromatic carbocycles. The summed E-state index contributed by atoms with van der Waals surface area (Å²) in [4.78, 5) is 28.1. The van der Waals surface area contributed by atoms with E-state index in [0.717, 1.165) is 12.0 Å². The van der Waals surface area contributed by atoms with Crippen LogP contribution in [0, 0.1) is 12.3 Å². The summed E-state index contributed by atoms with van der Waals surface area (Å²) in [5.74, 6) is 2.85. The minimum absolute atomic E-state index is 0. The molecule has 0 saturated carbocycles. The molecule has 2 amide bonds. The zero-order valence-corrected chi connectivity index (χ0v) is 22.2. The van der Waals surface area contributed by atoms with E-state index in [0.29, 0.717) is 29.4 Å². The van der Waals surface area contributed by atoms with Gasteiger partial charge in [0.15, 0.2) is 5.96 Å². The van der Waals surface area contributed by atoms with E-state index in [1.165, 1.54) is 0 Å². The zero-order valence-electron chi connectivity index (χ0n) is 19.9. The molecule has 4 N–H and O–H groups in total. The van der Waals surface area contributed by atoms with Crippen molar-refractivity contribution in [1.29, 1.82) is 0 Å². The molecule has 34 heavy (non-hydrogen) atoms. The number of nitrogens with zero attached hydrogens (tertiary/aromatic N) is 1. The van der Waals surface area contributed by atoms with Crippen LogP contribution in [0.15, 0.2) is 53.5 Å². The number of aliphatic imine (C=N–C) groups is 1. The number of nitrogens with one attached hydrogen (secondary N) is 4. The molecule has 0 aliphatic carbocycles. The smallest absolute Gasteiger partial charge is 0.412 e. The van der Waals surface area contributed by atoms with Crippen molar-refractivity contribution in [2.75, 3.05) is 30.8 Å². The topological polar surface area (TPSA) is 104 Å². The summed E-state index contributed by atoms with van der Waals surface area (Å²) in [6.07, 6.45) is 5.63. The molecule has 0 aliphatic rings. The second-order valence-corrected chi connectivity index (χ2v) is 8.20. The normalized spacial score (nSPS) is 10.9. The van der Waals surface area contributed by atoms with Crippen LogP contribution in [0.5, 0.6) is 0 Å². The Hall–Kier alpha value is -3.26. The number of amides is 2. The lowest BCUT2D eigenvalue weighted by Gasteiger charge is -2.19. The van der Waals surface area contributed by atoms with Crippen molar-refractivity contribution in [3.8, 4) is 12.3 Å². The van der Waals surface area contributed by atoms with Crippen LogP contribution in [-0.2, 0) is 16.0 Å². The van der Waals surface area contributed by atoms with E-state index in [4.69, 9.17) is 11.2 Å². The summed E-state index contributed by atoms with van der Waals surface area (Å²) < 4.78 is 5.24. The van der Waals surface area contributed by atoms with Gasteiger partial charge in [-0.05, 0) is 63.1 Å². The first kappa shape index (κ1) is 28.8. The van der Waals surface area contributed by atoms with E-state index in [1.807, 2.05) is 45.0 Å². The second-order valence-electron chi connectivity index (χ2n) is 8.20. The fraction of sp³-hybridized carbons (Fsp3) is 0.320. The SMILES string of the molecule is C#Cc1cccc(NC(=O)CNC(=NC)NCCc2ccc(NC(=O)OC(C)(C)C)cc2)c1.I. The third-order valence-corrected chi connectivity index (χ3v) is 4.26. The van der Waals surface area contributed by atoms with Crippen LogP contribution >= 0.6 is 24.0 Å². The van der Waals surface area contributed by atoms with E-state index >= 15 is 0 Å². The highest BCUT2D eigenvalue weighted by Gasteiger charge is 2.16. The lowest BCUT2D eigenvalue weighted by molar-refractivity contribution is -0.115. The number of ether oxygens (including phenoxy) is 1. The van der Waals surface area contributed by atoms with Gasteiger partial charge in [-0.15, -0.1) is 30.4 Å². The Labute approximate surface area is 218 Å². The summed E-state index contributed by atoms with van der Waals surface area (Å²) in [7, 11) is 1.64. The predicted molar refractivity (Wildman–Crippen MR) is 148 cm³/mol. The van der Waals surface area contributed by atoms with Crippen molar-refractivity contribution in [2.24, 2.45) is 4.99 Å². The summed E-state index contributed by atoms with van der Waals surface area (Å²) in [6.45, 7) is 6.12. The minimum Gasteiger partial charge on any atom is -0.444 e. The Morgan fingerprint density at radius 1 is 1.03 bits per heavy atom. The van der Waals surface area contributed by atoms with Gasteiger partial charge >= 0.3 is 6.09 Å². The fourth-order valence-electron chi connectivity index (χ4n) is 2.78. The number of hydrogen-bond donors (Lipinski definition) is 4. The van der Waals surface area contributed by atoms with E-state index in [1.54, 1.807) is 31.3 Å². The fourth-order valence-corrected chi connectivity index (χ4v) is 2.78. The monoisotopic (exact) mass is 577 g/mol. The lowest BCUT2D eigenvalue weighted by atomic mass is 10.1. The molecular formula is C25H32IN5O3. The maximum atomic E-state index is 12.2.